The highest BCUT2D eigenvalue weighted by atomic mass is 16.2. The van der Waals surface area contributed by atoms with Gasteiger partial charge in [-0.1, -0.05) is 39.0 Å². The fourth-order valence-electron chi connectivity index (χ4n) is 3.71. The van der Waals surface area contributed by atoms with Crippen molar-refractivity contribution in [3.63, 3.8) is 0 Å². The average Bonchev–Trinajstić information content (AvgIpc) is 2.95. The average molecular weight is 367 g/mol. The molecule has 1 aromatic carbocycles. The molecule has 0 aliphatic carbocycles. The molecule has 2 heterocycles. The number of hydrogen-bond acceptors (Lipinski definition) is 2. The van der Waals surface area contributed by atoms with Crippen molar-refractivity contribution in [2.45, 2.75) is 34.6 Å². The summed E-state index contributed by atoms with van der Waals surface area (Å²) in [5, 5.41) is 0. The lowest BCUT2D eigenvalue weighted by atomic mass is 9.94. The zero-order chi connectivity index (χ0) is 19.8. The Balaban J connectivity index is 1.76. The van der Waals surface area contributed by atoms with Crippen LogP contribution in [0.4, 0.5) is 0 Å². The summed E-state index contributed by atoms with van der Waals surface area (Å²) in [5.41, 5.74) is 3.42. The lowest BCUT2D eigenvalue weighted by molar-refractivity contribution is -0.140. The maximum atomic E-state index is 13.1. The molecule has 0 spiro atoms. The number of carbonyl (C=O) groups excluding carboxylic acids is 2. The molecule has 0 unspecified atom stereocenters. The third kappa shape index (κ3) is 3.77. The molecular formula is C22H29N3O2. The minimum absolute atomic E-state index is 0.0492. The summed E-state index contributed by atoms with van der Waals surface area (Å²) >= 11 is 0. The highest BCUT2D eigenvalue weighted by molar-refractivity contribution is 5.96. The summed E-state index contributed by atoms with van der Waals surface area (Å²) in [6.07, 6.45) is 0. The molecule has 144 valence electrons. The smallest absolute Gasteiger partial charge is 0.255 e. The maximum Gasteiger partial charge on any atom is 0.255 e. The van der Waals surface area contributed by atoms with Crippen molar-refractivity contribution in [3.8, 4) is 5.69 Å². The highest BCUT2D eigenvalue weighted by Crippen LogP contribution is 2.23. The van der Waals surface area contributed by atoms with Crippen LogP contribution in [0.1, 0.15) is 42.5 Å². The van der Waals surface area contributed by atoms with E-state index < -0.39 is 0 Å². The molecule has 1 aliphatic rings. The lowest BCUT2D eigenvalue weighted by Crippen LogP contribution is -2.53. The van der Waals surface area contributed by atoms with Gasteiger partial charge in [0.25, 0.3) is 5.91 Å². The second-order valence-corrected chi connectivity index (χ2v) is 8.29. The Bertz CT molecular complexity index is 838. The Hall–Kier alpha value is -2.56. The summed E-state index contributed by atoms with van der Waals surface area (Å²) in [7, 11) is 0. The molecule has 1 aromatic heterocycles. The van der Waals surface area contributed by atoms with Crippen molar-refractivity contribution >= 4 is 11.8 Å². The summed E-state index contributed by atoms with van der Waals surface area (Å²) in [6, 6.07) is 12.1. The van der Waals surface area contributed by atoms with Crippen molar-refractivity contribution < 1.29 is 9.59 Å². The van der Waals surface area contributed by atoms with Crippen molar-refractivity contribution in [1.82, 2.24) is 14.4 Å². The highest BCUT2D eigenvalue weighted by Gasteiger charge is 2.31. The van der Waals surface area contributed by atoms with Gasteiger partial charge in [0.1, 0.15) is 0 Å². The molecule has 3 rings (SSSR count). The Labute approximate surface area is 161 Å². The molecule has 0 bridgehead atoms. The van der Waals surface area contributed by atoms with Crippen LogP contribution in [0.15, 0.2) is 36.4 Å². The Morgan fingerprint density at radius 3 is 2.00 bits per heavy atom. The normalized spacial score (nSPS) is 15.1. The molecule has 5 heteroatoms. The van der Waals surface area contributed by atoms with Gasteiger partial charge < -0.3 is 14.4 Å². The van der Waals surface area contributed by atoms with Crippen molar-refractivity contribution in [1.29, 1.82) is 0 Å². The van der Waals surface area contributed by atoms with Crippen LogP contribution in [0, 0.1) is 19.3 Å². The number of hydrogen-bond donors (Lipinski definition) is 0. The Morgan fingerprint density at radius 2 is 1.44 bits per heavy atom. The SMILES string of the molecule is Cc1cc(C(=O)N2CCN(C(=O)C(C)(C)C)CC2)c(C)n1-c1ccccc1. The van der Waals surface area contributed by atoms with E-state index in [9.17, 15) is 9.59 Å². The van der Waals surface area contributed by atoms with Gasteiger partial charge in [-0.2, -0.15) is 0 Å². The molecule has 0 N–H and O–H groups in total. The first-order chi connectivity index (χ1) is 12.7. The number of aryl methyl sites for hydroxylation is 1. The van der Waals surface area contributed by atoms with E-state index in [1.807, 2.05) is 80.8 Å². The first-order valence-corrected chi connectivity index (χ1v) is 9.53. The molecule has 0 atom stereocenters. The van der Waals surface area contributed by atoms with Crippen LogP contribution in [0.2, 0.25) is 0 Å². The molecule has 0 radical (unpaired) electrons. The molecular weight excluding hydrogens is 338 g/mol. The third-order valence-electron chi connectivity index (χ3n) is 5.17. The van der Waals surface area contributed by atoms with Crippen LogP contribution in [-0.4, -0.2) is 52.4 Å². The van der Waals surface area contributed by atoms with E-state index in [0.717, 1.165) is 22.6 Å². The predicted molar refractivity (Wildman–Crippen MR) is 107 cm³/mol. The second-order valence-electron chi connectivity index (χ2n) is 8.29. The largest absolute Gasteiger partial charge is 0.339 e. The van der Waals surface area contributed by atoms with Crippen molar-refractivity contribution in [2.75, 3.05) is 26.2 Å². The van der Waals surface area contributed by atoms with Gasteiger partial charge in [0.05, 0.1) is 5.56 Å². The standard InChI is InChI=1S/C22H29N3O2/c1-16-15-19(17(2)25(16)18-9-7-6-8-10-18)20(26)23-11-13-24(14-12-23)21(27)22(3,4)5/h6-10,15H,11-14H2,1-5H3. The van der Waals surface area contributed by atoms with Crippen LogP contribution in [0.25, 0.3) is 5.69 Å². The van der Waals surface area contributed by atoms with Crippen molar-refractivity contribution in [2.24, 2.45) is 5.41 Å². The Morgan fingerprint density at radius 1 is 0.889 bits per heavy atom. The number of para-hydroxylation sites is 1. The summed E-state index contributed by atoms with van der Waals surface area (Å²) < 4.78 is 2.12. The number of nitrogens with zero attached hydrogens (tertiary/aromatic N) is 3. The quantitative estimate of drug-likeness (QED) is 0.816. The van der Waals surface area contributed by atoms with Crippen LogP contribution in [0.5, 0.6) is 0 Å². The van der Waals surface area contributed by atoms with Crippen LogP contribution < -0.4 is 0 Å². The van der Waals surface area contributed by atoms with Crippen molar-refractivity contribution in [3.05, 3.63) is 53.3 Å². The zero-order valence-electron chi connectivity index (χ0n) is 17.0. The van der Waals surface area contributed by atoms with Crippen LogP contribution >= 0.6 is 0 Å². The number of amides is 2. The summed E-state index contributed by atoms with van der Waals surface area (Å²) in [4.78, 5) is 29.3. The molecule has 5 nitrogen and oxygen atoms in total. The predicted octanol–water partition coefficient (Wildman–Crippen LogP) is 3.42. The van der Waals surface area contributed by atoms with E-state index in [4.69, 9.17) is 0 Å². The Kier molecular flexibility index (Phi) is 5.13. The molecule has 27 heavy (non-hydrogen) atoms. The van der Waals surface area contributed by atoms with E-state index in [0.29, 0.717) is 26.2 Å². The van der Waals surface area contributed by atoms with E-state index >= 15 is 0 Å². The van der Waals surface area contributed by atoms with Crippen LogP contribution in [0.3, 0.4) is 0 Å². The number of piperazine rings is 1. The van der Waals surface area contributed by atoms with Gasteiger partial charge in [-0.25, -0.2) is 0 Å². The monoisotopic (exact) mass is 367 g/mol. The first kappa shape index (κ1) is 19.2. The lowest BCUT2D eigenvalue weighted by Gasteiger charge is -2.37. The van der Waals surface area contributed by atoms with Gasteiger partial charge in [0, 0.05) is 48.7 Å². The van der Waals surface area contributed by atoms with E-state index in [1.165, 1.54) is 0 Å². The third-order valence-corrected chi connectivity index (χ3v) is 5.17. The molecule has 2 aromatic rings. The van der Waals surface area contributed by atoms with Gasteiger partial charge in [-0.3, -0.25) is 9.59 Å². The van der Waals surface area contributed by atoms with Gasteiger partial charge in [-0.05, 0) is 32.0 Å². The molecule has 1 aliphatic heterocycles. The van der Waals surface area contributed by atoms with Gasteiger partial charge in [0.15, 0.2) is 0 Å². The fraction of sp³-hybridized carbons (Fsp3) is 0.455. The molecule has 0 saturated carbocycles. The van der Waals surface area contributed by atoms with Gasteiger partial charge in [-0.15, -0.1) is 0 Å². The zero-order valence-corrected chi connectivity index (χ0v) is 17.0. The van der Waals surface area contributed by atoms with E-state index in [2.05, 4.69) is 4.57 Å². The molecule has 2 amide bonds. The number of benzene rings is 1. The second kappa shape index (κ2) is 7.22. The maximum absolute atomic E-state index is 13.1. The van der Waals surface area contributed by atoms with Gasteiger partial charge >= 0.3 is 0 Å². The number of aromatic nitrogens is 1. The topological polar surface area (TPSA) is 45.6 Å². The molecule has 1 saturated heterocycles. The van der Waals surface area contributed by atoms with Gasteiger partial charge in [0.2, 0.25) is 5.91 Å². The van der Waals surface area contributed by atoms with E-state index in [1.54, 1.807) is 0 Å². The first-order valence-electron chi connectivity index (χ1n) is 9.53. The number of rotatable bonds is 2. The summed E-state index contributed by atoms with van der Waals surface area (Å²) in [5.74, 6) is 0.199. The fourth-order valence-corrected chi connectivity index (χ4v) is 3.71. The number of carbonyl (C=O) groups is 2. The van der Waals surface area contributed by atoms with E-state index in [-0.39, 0.29) is 17.2 Å². The summed E-state index contributed by atoms with van der Waals surface area (Å²) in [6.45, 7) is 12.2. The van der Waals surface area contributed by atoms with Crippen LogP contribution in [-0.2, 0) is 4.79 Å². The minimum atomic E-state index is -0.382. The minimum Gasteiger partial charge on any atom is -0.339 e. The molecule has 1 fully saturated rings.